The Balaban J connectivity index is 1.77. The third kappa shape index (κ3) is 3.48. The zero-order chi connectivity index (χ0) is 17.5. The van der Waals surface area contributed by atoms with Gasteiger partial charge in [0.25, 0.3) is 0 Å². The number of hydrogen-bond donors (Lipinski definition) is 1. The van der Waals surface area contributed by atoms with E-state index in [2.05, 4.69) is 32.2 Å². The monoisotopic (exact) mass is 349 g/mol. The zero-order valence-electron chi connectivity index (χ0n) is 14.3. The van der Waals surface area contributed by atoms with Crippen LogP contribution in [0.15, 0.2) is 22.8 Å². The molecule has 1 aliphatic heterocycles. The third-order valence-corrected chi connectivity index (χ3v) is 6.38. The summed E-state index contributed by atoms with van der Waals surface area (Å²) in [5, 5.41) is 3.78. The van der Waals surface area contributed by atoms with Crippen LogP contribution in [-0.2, 0) is 21.1 Å². The molecule has 24 heavy (non-hydrogen) atoms. The molecule has 130 valence electrons. The number of amides is 1. The van der Waals surface area contributed by atoms with E-state index in [0.717, 1.165) is 16.5 Å². The second kappa shape index (κ2) is 6.24. The van der Waals surface area contributed by atoms with Gasteiger partial charge in [-0.2, -0.15) is 0 Å². The molecule has 5 nitrogen and oxygen atoms in total. The van der Waals surface area contributed by atoms with Gasteiger partial charge in [0.2, 0.25) is 5.91 Å². The van der Waals surface area contributed by atoms with Gasteiger partial charge >= 0.3 is 0 Å². The van der Waals surface area contributed by atoms with Crippen LogP contribution in [0.5, 0.6) is 0 Å². The van der Waals surface area contributed by atoms with Crippen LogP contribution in [0.2, 0.25) is 0 Å². The highest BCUT2D eigenvalue weighted by Gasteiger charge is 2.29. The van der Waals surface area contributed by atoms with Crippen LogP contribution in [0.4, 0.5) is 0 Å². The van der Waals surface area contributed by atoms with Crippen molar-refractivity contribution in [2.45, 2.75) is 45.6 Å². The second-order valence-electron chi connectivity index (χ2n) is 6.96. The number of benzene rings is 1. The summed E-state index contributed by atoms with van der Waals surface area (Å²) in [4.78, 5) is 12.3. The molecule has 2 aromatic rings. The van der Waals surface area contributed by atoms with Crippen molar-refractivity contribution < 1.29 is 17.6 Å². The van der Waals surface area contributed by atoms with Crippen molar-refractivity contribution in [3.8, 4) is 0 Å². The molecule has 1 amide bonds. The van der Waals surface area contributed by atoms with Gasteiger partial charge < -0.3 is 9.73 Å². The molecule has 1 saturated heterocycles. The summed E-state index contributed by atoms with van der Waals surface area (Å²) in [6, 6.07) is 3.84. The normalized spacial score (nSPS) is 19.9. The molecule has 1 aliphatic rings. The van der Waals surface area contributed by atoms with E-state index in [9.17, 15) is 13.2 Å². The van der Waals surface area contributed by atoms with Crippen LogP contribution in [0.25, 0.3) is 11.0 Å². The Morgan fingerprint density at radius 2 is 2.12 bits per heavy atom. The average molecular weight is 349 g/mol. The zero-order valence-corrected chi connectivity index (χ0v) is 15.1. The van der Waals surface area contributed by atoms with Crippen molar-refractivity contribution >= 4 is 26.7 Å². The van der Waals surface area contributed by atoms with E-state index in [0.29, 0.717) is 12.3 Å². The molecule has 0 spiro atoms. The molecule has 0 aliphatic carbocycles. The molecular formula is C18H23NO4S. The lowest BCUT2D eigenvalue weighted by molar-refractivity contribution is -0.120. The summed E-state index contributed by atoms with van der Waals surface area (Å²) in [5.41, 5.74) is 4.04. The van der Waals surface area contributed by atoms with E-state index in [4.69, 9.17) is 4.42 Å². The molecule has 1 N–H and O–H groups in total. The van der Waals surface area contributed by atoms with Gasteiger partial charge in [0, 0.05) is 17.0 Å². The van der Waals surface area contributed by atoms with Gasteiger partial charge in [-0.3, -0.25) is 4.79 Å². The van der Waals surface area contributed by atoms with Gasteiger partial charge in [-0.15, -0.1) is 0 Å². The van der Waals surface area contributed by atoms with Crippen LogP contribution in [0, 0.1) is 6.92 Å². The Hall–Kier alpha value is -1.82. The Bertz CT molecular complexity index is 880. The Morgan fingerprint density at radius 3 is 2.75 bits per heavy atom. The molecule has 3 rings (SSSR count). The number of sulfone groups is 1. The molecule has 0 saturated carbocycles. The first-order valence-electron chi connectivity index (χ1n) is 8.25. The molecule has 1 fully saturated rings. The van der Waals surface area contributed by atoms with E-state index in [-0.39, 0.29) is 29.9 Å². The minimum Gasteiger partial charge on any atom is -0.464 e. The maximum Gasteiger partial charge on any atom is 0.224 e. The van der Waals surface area contributed by atoms with Crippen molar-refractivity contribution in [1.29, 1.82) is 0 Å². The number of nitrogens with one attached hydrogen (secondary N) is 1. The molecule has 0 radical (unpaired) electrons. The smallest absolute Gasteiger partial charge is 0.224 e. The van der Waals surface area contributed by atoms with E-state index < -0.39 is 9.84 Å². The van der Waals surface area contributed by atoms with Crippen LogP contribution in [0.1, 0.15) is 42.9 Å². The SMILES string of the molecule is Cc1cc2occ(CC(=O)N[C@@H]3CCS(=O)(=O)C3)c2cc1C(C)C. The molecule has 0 bridgehead atoms. The summed E-state index contributed by atoms with van der Waals surface area (Å²) in [7, 11) is -2.99. The minimum atomic E-state index is -2.99. The molecule has 1 aromatic heterocycles. The van der Waals surface area contributed by atoms with Crippen LogP contribution in [-0.4, -0.2) is 31.9 Å². The predicted molar refractivity (Wildman–Crippen MR) is 93.9 cm³/mol. The molecule has 6 heteroatoms. The molecule has 0 unspecified atom stereocenters. The second-order valence-corrected chi connectivity index (χ2v) is 9.19. The number of fused-ring (bicyclic) bond motifs is 1. The first kappa shape index (κ1) is 17.0. The number of carbonyl (C=O) groups is 1. The lowest BCUT2D eigenvalue weighted by Crippen LogP contribution is -2.36. The number of furan rings is 1. The summed E-state index contributed by atoms with van der Waals surface area (Å²) in [5.74, 6) is 0.437. The maximum atomic E-state index is 12.3. The standard InChI is InChI=1S/C18H23NO4S/c1-11(2)15-8-16-13(9-23-17(16)6-12(15)3)7-18(20)19-14-4-5-24(21,22)10-14/h6,8-9,11,14H,4-5,7,10H2,1-3H3,(H,19,20)/t14-/m1/s1. The van der Waals surface area contributed by atoms with Crippen molar-refractivity contribution in [3.05, 3.63) is 35.1 Å². The fourth-order valence-corrected chi connectivity index (χ4v) is 5.04. The fourth-order valence-electron chi connectivity index (χ4n) is 3.36. The van der Waals surface area contributed by atoms with Gasteiger partial charge in [0.05, 0.1) is 24.2 Å². The summed E-state index contributed by atoms with van der Waals surface area (Å²) < 4.78 is 28.6. The molecule has 1 atom stereocenters. The summed E-state index contributed by atoms with van der Waals surface area (Å²) in [6.45, 7) is 6.34. The first-order chi connectivity index (χ1) is 11.2. The first-order valence-corrected chi connectivity index (χ1v) is 10.1. The highest BCUT2D eigenvalue weighted by Crippen LogP contribution is 2.29. The maximum absolute atomic E-state index is 12.3. The predicted octanol–water partition coefficient (Wildman–Crippen LogP) is 2.71. The molecular weight excluding hydrogens is 326 g/mol. The van der Waals surface area contributed by atoms with Crippen molar-refractivity contribution in [2.75, 3.05) is 11.5 Å². The number of carbonyl (C=O) groups excluding carboxylic acids is 1. The summed E-state index contributed by atoms with van der Waals surface area (Å²) in [6.07, 6.45) is 2.32. The molecule has 1 aromatic carbocycles. The Morgan fingerprint density at radius 1 is 1.38 bits per heavy atom. The Labute approximate surface area is 142 Å². The number of rotatable bonds is 4. The van der Waals surface area contributed by atoms with E-state index in [1.165, 1.54) is 11.1 Å². The fraction of sp³-hybridized carbons (Fsp3) is 0.500. The summed E-state index contributed by atoms with van der Waals surface area (Å²) >= 11 is 0. The van der Waals surface area contributed by atoms with Gasteiger partial charge in [-0.05, 0) is 42.5 Å². The number of aryl methyl sites for hydroxylation is 1. The number of hydrogen-bond acceptors (Lipinski definition) is 4. The topological polar surface area (TPSA) is 76.4 Å². The third-order valence-electron chi connectivity index (χ3n) is 4.61. The average Bonchev–Trinajstić information content (AvgIpc) is 3.01. The molecule has 2 heterocycles. The highest BCUT2D eigenvalue weighted by atomic mass is 32.2. The lowest BCUT2D eigenvalue weighted by Gasteiger charge is -2.11. The van der Waals surface area contributed by atoms with E-state index in [1.54, 1.807) is 6.26 Å². The van der Waals surface area contributed by atoms with Gasteiger partial charge in [0.15, 0.2) is 9.84 Å². The largest absolute Gasteiger partial charge is 0.464 e. The van der Waals surface area contributed by atoms with Crippen LogP contribution < -0.4 is 5.32 Å². The quantitative estimate of drug-likeness (QED) is 0.921. The van der Waals surface area contributed by atoms with Crippen molar-refractivity contribution in [2.24, 2.45) is 0 Å². The lowest BCUT2D eigenvalue weighted by atomic mass is 9.95. The van der Waals surface area contributed by atoms with Crippen LogP contribution >= 0.6 is 0 Å². The van der Waals surface area contributed by atoms with Gasteiger partial charge in [-0.25, -0.2) is 8.42 Å². The van der Waals surface area contributed by atoms with Crippen LogP contribution in [0.3, 0.4) is 0 Å². The Kier molecular flexibility index (Phi) is 4.42. The van der Waals surface area contributed by atoms with Crippen molar-refractivity contribution in [3.63, 3.8) is 0 Å². The highest BCUT2D eigenvalue weighted by molar-refractivity contribution is 7.91. The van der Waals surface area contributed by atoms with E-state index >= 15 is 0 Å². The van der Waals surface area contributed by atoms with E-state index in [1.807, 2.05) is 6.07 Å². The van der Waals surface area contributed by atoms with Gasteiger partial charge in [0.1, 0.15) is 5.58 Å². The minimum absolute atomic E-state index is 0.0432. The van der Waals surface area contributed by atoms with Gasteiger partial charge in [-0.1, -0.05) is 13.8 Å². The van der Waals surface area contributed by atoms with Crippen molar-refractivity contribution in [1.82, 2.24) is 5.32 Å².